The minimum Gasteiger partial charge on any atom is -0.305 e. The van der Waals surface area contributed by atoms with Crippen LogP contribution in [-0.2, 0) is 25.5 Å². The zero-order valence-corrected chi connectivity index (χ0v) is 31.5. The van der Waals surface area contributed by atoms with Gasteiger partial charge in [-0.25, -0.2) is 9.37 Å². The second-order valence-corrected chi connectivity index (χ2v) is 19.4. The summed E-state index contributed by atoms with van der Waals surface area (Å²) in [5.74, 6) is -1.05. The Bertz CT molecular complexity index is 2250. The molecule has 0 aliphatic carbocycles. The van der Waals surface area contributed by atoms with Gasteiger partial charge < -0.3 is 9.97 Å². The Morgan fingerprint density at radius 1 is 0.935 bits per heavy atom. The van der Waals surface area contributed by atoms with Crippen LogP contribution in [0.25, 0.3) is 42.8 Å². The molecular weight excluding hydrogens is 782 g/mol. The minimum atomic E-state index is -2.25. The van der Waals surface area contributed by atoms with Crippen LogP contribution in [0.4, 0.5) is 4.39 Å². The second-order valence-electron chi connectivity index (χ2n) is 13.4. The smallest absolute Gasteiger partial charge is 0.143 e. The van der Waals surface area contributed by atoms with Crippen molar-refractivity contribution in [3.8, 4) is 22.5 Å². The third-order valence-electron chi connectivity index (χ3n) is 7.56. The van der Waals surface area contributed by atoms with Crippen molar-refractivity contribution in [1.82, 2.24) is 15.0 Å². The molecule has 0 amide bonds. The zero-order valence-electron chi connectivity index (χ0n) is 34.3. The van der Waals surface area contributed by atoms with Crippen LogP contribution in [0, 0.1) is 31.7 Å². The second kappa shape index (κ2) is 13.9. The quantitative estimate of drug-likeness (QED) is 0.131. The summed E-state index contributed by atoms with van der Waals surface area (Å²) >= 11 is 1.40. The van der Waals surface area contributed by atoms with E-state index in [0.29, 0.717) is 16.1 Å². The molecule has 2 aromatic carbocycles. The molecule has 1 radical (unpaired) electrons. The molecule has 0 spiro atoms. The number of benzene rings is 2. The summed E-state index contributed by atoms with van der Waals surface area (Å²) in [5, 5.41) is 3.04. The number of thiophene rings is 1. The van der Waals surface area contributed by atoms with Crippen molar-refractivity contribution >= 4 is 44.9 Å². The molecule has 6 aromatic rings. The van der Waals surface area contributed by atoms with Gasteiger partial charge in [-0.05, 0) is 56.5 Å². The molecule has 0 N–H and O–H groups in total. The van der Waals surface area contributed by atoms with E-state index in [1.807, 2.05) is 59.0 Å². The van der Waals surface area contributed by atoms with Gasteiger partial charge in [0.1, 0.15) is 10.6 Å². The van der Waals surface area contributed by atoms with Crippen molar-refractivity contribution in [3.05, 3.63) is 107 Å². The number of rotatable bonds is 4. The minimum absolute atomic E-state index is 0. The van der Waals surface area contributed by atoms with Gasteiger partial charge in [0, 0.05) is 41.6 Å². The number of fused-ring (bicyclic) bond motifs is 3. The van der Waals surface area contributed by atoms with Gasteiger partial charge in [0.15, 0.2) is 0 Å². The Kier molecular flexibility index (Phi) is 8.16. The van der Waals surface area contributed by atoms with E-state index in [9.17, 15) is 4.39 Å². The van der Waals surface area contributed by atoms with Gasteiger partial charge in [0.25, 0.3) is 0 Å². The van der Waals surface area contributed by atoms with E-state index in [4.69, 9.17) is 9.60 Å². The van der Waals surface area contributed by atoms with Crippen molar-refractivity contribution in [2.75, 3.05) is 0 Å². The van der Waals surface area contributed by atoms with Gasteiger partial charge >= 0.3 is 0 Å². The van der Waals surface area contributed by atoms with Gasteiger partial charge in [0.2, 0.25) is 0 Å². The monoisotopic (exact) mass is 831 g/mol. The van der Waals surface area contributed by atoms with Crippen molar-refractivity contribution in [2.24, 2.45) is 0 Å². The van der Waals surface area contributed by atoms with Gasteiger partial charge in [-0.15, -0.1) is 59.2 Å². The van der Waals surface area contributed by atoms with E-state index in [0.717, 1.165) is 37.9 Å². The molecular formula is C39H42FIrN3SSi-2. The standard InChI is InChI=1S/C21H18FN2S.C18H24NSi.Ir/c1-12-8-9-14-13-6-5-7-15(19(13)25-20(14)24-12)18-10-16(21(2,3)4)17(22)11-23-18;1-13(2)16-11-17(15-9-7-14(3)8-10-15)19-12-18(16)20(4,5)6;/h5-6,8-11H,1-4H3;7-9,11-13H,1-6H3;/q2*-1;/i1D3;3D3,13D;. The van der Waals surface area contributed by atoms with Crippen LogP contribution in [0.15, 0.2) is 67.0 Å². The molecule has 241 valence electrons. The molecule has 4 aromatic heterocycles. The summed E-state index contributed by atoms with van der Waals surface area (Å²) in [5.41, 5.74) is 4.44. The maximum Gasteiger partial charge on any atom is 0.143 e. The van der Waals surface area contributed by atoms with Crippen molar-refractivity contribution in [1.29, 1.82) is 0 Å². The molecule has 46 heavy (non-hydrogen) atoms. The van der Waals surface area contributed by atoms with Gasteiger partial charge in [-0.1, -0.05) is 90.3 Å². The number of nitrogens with zero attached hydrogens (tertiary/aromatic N) is 3. The molecule has 0 aliphatic rings. The average molecular weight is 831 g/mol. The normalized spacial score (nSPS) is 14.8. The zero-order chi connectivity index (χ0) is 38.6. The van der Waals surface area contributed by atoms with Crippen LogP contribution in [0.2, 0.25) is 19.6 Å². The number of hydrogen-bond acceptors (Lipinski definition) is 4. The fraction of sp³-hybridized carbons (Fsp3) is 0.308. The van der Waals surface area contributed by atoms with Crippen LogP contribution in [-0.4, -0.2) is 23.0 Å². The maximum atomic E-state index is 14.3. The number of aryl methyl sites for hydroxylation is 2. The van der Waals surface area contributed by atoms with Crippen LogP contribution in [0.3, 0.4) is 0 Å². The Balaban J connectivity index is 0.000000235. The SMILES string of the molecule is [2H]C([2H])([2H])c1c[c-]c(-c2cc(C([2H])(C)C)c([Si](C)(C)C)cn2)cc1.[2H]C([2H])([2H])c1ccc2c(n1)sc1c(-c3cc(C(C)(C)C)c(F)cn3)[c-]ccc12.[Ir]. The summed E-state index contributed by atoms with van der Waals surface area (Å²) in [6.07, 6.45) is 3.14. The first-order valence-corrected chi connectivity index (χ1v) is 19.1. The van der Waals surface area contributed by atoms with Gasteiger partial charge in [-0.2, -0.15) is 11.3 Å². The molecule has 0 fully saturated rings. The summed E-state index contributed by atoms with van der Waals surface area (Å²) < 4.78 is 68.7. The summed E-state index contributed by atoms with van der Waals surface area (Å²) in [7, 11) is -1.61. The van der Waals surface area contributed by atoms with E-state index in [2.05, 4.69) is 46.7 Å². The molecule has 3 nitrogen and oxygen atoms in total. The van der Waals surface area contributed by atoms with Crippen molar-refractivity contribution in [3.63, 3.8) is 0 Å². The topological polar surface area (TPSA) is 38.7 Å². The third kappa shape index (κ3) is 7.71. The summed E-state index contributed by atoms with van der Waals surface area (Å²) in [4.78, 5) is 13.9. The fourth-order valence-electron chi connectivity index (χ4n) is 5.16. The van der Waals surface area contributed by atoms with Crippen LogP contribution < -0.4 is 5.19 Å². The Morgan fingerprint density at radius 2 is 1.70 bits per heavy atom. The number of aromatic nitrogens is 3. The predicted molar refractivity (Wildman–Crippen MR) is 193 cm³/mol. The van der Waals surface area contributed by atoms with Crippen LogP contribution >= 0.6 is 11.3 Å². The van der Waals surface area contributed by atoms with E-state index >= 15 is 0 Å². The summed E-state index contributed by atoms with van der Waals surface area (Å²) in [6.45, 7) is 12.0. The van der Waals surface area contributed by atoms with Crippen molar-refractivity contribution < 1.29 is 34.1 Å². The van der Waals surface area contributed by atoms with E-state index < -0.39 is 27.7 Å². The van der Waals surface area contributed by atoms with E-state index in [1.54, 1.807) is 30.3 Å². The molecule has 7 heteroatoms. The first-order valence-electron chi connectivity index (χ1n) is 18.3. The third-order valence-corrected chi connectivity index (χ3v) is 10.7. The van der Waals surface area contributed by atoms with Crippen molar-refractivity contribution in [2.45, 2.75) is 79.3 Å². The number of halogens is 1. The van der Waals surface area contributed by atoms with E-state index in [1.165, 1.54) is 28.8 Å². The molecule has 0 unspecified atom stereocenters. The molecule has 0 bridgehead atoms. The molecule has 4 heterocycles. The average Bonchev–Trinajstić information content (AvgIpc) is 3.41. The van der Waals surface area contributed by atoms with Gasteiger partial charge in [-0.3, -0.25) is 0 Å². The Morgan fingerprint density at radius 3 is 2.33 bits per heavy atom. The Hall–Kier alpha value is -3.09. The van der Waals surface area contributed by atoms with Gasteiger partial charge in [0.05, 0.1) is 14.3 Å². The predicted octanol–water partition coefficient (Wildman–Crippen LogP) is 10.6. The van der Waals surface area contributed by atoms with Crippen LogP contribution in [0.5, 0.6) is 0 Å². The molecule has 0 aliphatic heterocycles. The number of pyridine rings is 3. The summed E-state index contributed by atoms with van der Waals surface area (Å²) in [6, 6.07) is 21.9. The van der Waals surface area contributed by atoms with E-state index in [-0.39, 0.29) is 42.6 Å². The maximum absolute atomic E-state index is 14.3. The molecule has 0 atom stereocenters. The van der Waals surface area contributed by atoms with Crippen LogP contribution in [0.1, 0.15) is 72.5 Å². The largest absolute Gasteiger partial charge is 0.305 e. The number of hydrogen-bond donors (Lipinski definition) is 0. The first kappa shape index (κ1) is 26.9. The molecule has 0 saturated heterocycles. The fourth-order valence-corrected chi connectivity index (χ4v) is 7.92. The Labute approximate surface area is 302 Å². The molecule has 6 rings (SSSR count). The molecule has 0 saturated carbocycles. The first-order chi connectivity index (χ1) is 23.9.